The van der Waals surface area contributed by atoms with Crippen LogP contribution in [0.1, 0.15) is 5.56 Å². The van der Waals surface area contributed by atoms with Crippen LogP contribution >= 0.6 is 11.8 Å². The zero-order chi connectivity index (χ0) is 11.8. The highest BCUT2D eigenvalue weighted by molar-refractivity contribution is 8.16. The third-order valence-corrected chi connectivity index (χ3v) is 3.95. The van der Waals surface area contributed by atoms with Gasteiger partial charge in [0.1, 0.15) is 0 Å². The number of aliphatic imine (C=N–C) groups is 1. The molecule has 1 aromatic carbocycles. The van der Waals surface area contributed by atoms with Gasteiger partial charge in [-0.05, 0) is 17.7 Å². The summed E-state index contributed by atoms with van der Waals surface area (Å²) in [5, 5.41) is 3.35. The monoisotopic (exact) mass is 245 g/mol. The molecule has 4 heteroatoms. The summed E-state index contributed by atoms with van der Waals surface area (Å²) in [4.78, 5) is 8.88. The van der Waals surface area contributed by atoms with E-state index < -0.39 is 0 Å². The van der Waals surface area contributed by atoms with Crippen LogP contribution in [0.4, 0.5) is 5.69 Å². The fourth-order valence-electron chi connectivity index (χ4n) is 2.08. The number of thioether (sulfide) groups is 1. The zero-order valence-electron chi connectivity index (χ0n) is 10.1. The number of benzene rings is 1. The van der Waals surface area contributed by atoms with E-state index in [1.165, 1.54) is 16.9 Å². The van der Waals surface area contributed by atoms with Gasteiger partial charge in [0.2, 0.25) is 0 Å². The van der Waals surface area contributed by atoms with Crippen molar-refractivity contribution in [1.29, 1.82) is 0 Å². The van der Waals surface area contributed by atoms with Crippen molar-refractivity contribution in [3.63, 3.8) is 0 Å². The average molecular weight is 245 g/mol. The molecule has 3 nitrogen and oxygen atoms in total. The van der Waals surface area contributed by atoms with Gasteiger partial charge in [-0.3, -0.25) is 4.99 Å². The Kier molecular flexibility index (Phi) is 2.59. The third-order valence-electron chi connectivity index (χ3n) is 3.05. The molecule has 0 fully saturated rings. The molecule has 88 valence electrons. The highest BCUT2D eigenvalue weighted by Crippen LogP contribution is 2.35. The largest absolute Gasteiger partial charge is 0.378 e. The first-order chi connectivity index (χ1) is 8.25. The van der Waals surface area contributed by atoms with Gasteiger partial charge in [0.15, 0.2) is 5.17 Å². The Labute approximate surface area is 106 Å². The van der Waals surface area contributed by atoms with Gasteiger partial charge in [-0.25, -0.2) is 0 Å². The Hall–Kier alpha value is -1.42. The van der Waals surface area contributed by atoms with Gasteiger partial charge in [0, 0.05) is 31.7 Å². The molecule has 0 bridgehead atoms. The van der Waals surface area contributed by atoms with Crippen molar-refractivity contribution >= 4 is 28.3 Å². The Balaban J connectivity index is 1.88. The summed E-state index contributed by atoms with van der Waals surface area (Å²) < 4.78 is 0. The first kappa shape index (κ1) is 10.7. The molecule has 0 N–H and O–H groups in total. The van der Waals surface area contributed by atoms with Crippen molar-refractivity contribution in [2.45, 2.75) is 0 Å². The maximum absolute atomic E-state index is 4.46. The summed E-state index contributed by atoms with van der Waals surface area (Å²) in [6, 6.07) is 8.68. The molecule has 2 heterocycles. The SMILES string of the molecule is CN(C)c1ccc(C2=CSC3=NCCN23)cc1. The third kappa shape index (κ3) is 1.82. The van der Waals surface area contributed by atoms with Crippen LogP contribution in [-0.4, -0.2) is 37.3 Å². The molecular weight excluding hydrogens is 230 g/mol. The van der Waals surface area contributed by atoms with Crippen LogP contribution in [0.5, 0.6) is 0 Å². The van der Waals surface area contributed by atoms with Gasteiger partial charge in [-0.2, -0.15) is 0 Å². The summed E-state index contributed by atoms with van der Waals surface area (Å²) in [6.45, 7) is 1.94. The van der Waals surface area contributed by atoms with Crippen molar-refractivity contribution in [3.05, 3.63) is 35.2 Å². The minimum Gasteiger partial charge on any atom is -0.378 e. The first-order valence-corrected chi connectivity index (χ1v) is 6.60. The van der Waals surface area contributed by atoms with Crippen LogP contribution in [0, 0.1) is 0 Å². The van der Waals surface area contributed by atoms with Gasteiger partial charge in [0.25, 0.3) is 0 Å². The van der Waals surface area contributed by atoms with Crippen molar-refractivity contribution < 1.29 is 0 Å². The average Bonchev–Trinajstić information content (AvgIpc) is 2.90. The number of anilines is 1. The smallest absolute Gasteiger partial charge is 0.168 e. The number of rotatable bonds is 2. The second kappa shape index (κ2) is 4.11. The highest BCUT2D eigenvalue weighted by Gasteiger charge is 2.26. The lowest BCUT2D eigenvalue weighted by molar-refractivity contribution is 0.650. The normalized spacial score (nSPS) is 17.9. The summed E-state index contributed by atoms with van der Waals surface area (Å²) in [6.07, 6.45) is 0. The number of amidine groups is 1. The second-order valence-electron chi connectivity index (χ2n) is 4.38. The van der Waals surface area contributed by atoms with E-state index >= 15 is 0 Å². The maximum atomic E-state index is 4.46. The summed E-state index contributed by atoms with van der Waals surface area (Å²) in [7, 11) is 4.12. The minimum absolute atomic E-state index is 0.926. The highest BCUT2D eigenvalue weighted by atomic mass is 32.2. The van der Waals surface area contributed by atoms with Crippen LogP contribution in [0.3, 0.4) is 0 Å². The molecule has 0 aliphatic carbocycles. The van der Waals surface area contributed by atoms with Crippen molar-refractivity contribution in [3.8, 4) is 0 Å². The van der Waals surface area contributed by atoms with E-state index in [1.54, 1.807) is 11.8 Å². The van der Waals surface area contributed by atoms with E-state index in [1.807, 2.05) is 0 Å². The van der Waals surface area contributed by atoms with E-state index in [-0.39, 0.29) is 0 Å². The Bertz CT molecular complexity index is 488. The number of hydrogen-bond donors (Lipinski definition) is 0. The molecule has 0 saturated heterocycles. The summed E-state index contributed by atoms with van der Waals surface area (Å²) in [5.41, 5.74) is 3.79. The molecule has 0 unspecified atom stereocenters. The summed E-state index contributed by atoms with van der Waals surface area (Å²) >= 11 is 1.73. The first-order valence-electron chi connectivity index (χ1n) is 5.72. The van der Waals surface area contributed by atoms with E-state index in [9.17, 15) is 0 Å². The molecule has 0 spiro atoms. The quantitative estimate of drug-likeness (QED) is 0.797. The molecule has 1 aromatic rings. The van der Waals surface area contributed by atoms with Crippen molar-refractivity contribution in [2.75, 3.05) is 32.1 Å². The molecule has 3 rings (SSSR count). The lowest BCUT2D eigenvalue weighted by Crippen LogP contribution is -2.19. The minimum atomic E-state index is 0.926. The molecule has 17 heavy (non-hydrogen) atoms. The van der Waals surface area contributed by atoms with Crippen molar-refractivity contribution in [1.82, 2.24) is 4.90 Å². The molecule has 0 aromatic heterocycles. The van der Waals surface area contributed by atoms with Gasteiger partial charge < -0.3 is 9.80 Å². The van der Waals surface area contributed by atoms with Gasteiger partial charge >= 0.3 is 0 Å². The maximum Gasteiger partial charge on any atom is 0.168 e. The number of nitrogens with zero attached hydrogens (tertiary/aromatic N) is 3. The Morgan fingerprint density at radius 1 is 1.24 bits per heavy atom. The predicted molar refractivity (Wildman–Crippen MR) is 75.3 cm³/mol. The molecule has 2 aliphatic heterocycles. The van der Waals surface area contributed by atoms with Crippen LogP contribution < -0.4 is 4.90 Å². The molecular formula is C13H15N3S. The molecule has 2 aliphatic rings. The van der Waals surface area contributed by atoms with Crippen molar-refractivity contribution in [2.24, 2.45) is 4.99 Å². The van der Waals surface area contributed by atoms with E-state index in [2.05, 4.69) is 58.6 Å². The zero-order valence-corrected chi connectivity index (χ0v) is 10.9. The lowest BCUT2D eigenvalue weighted by atomic mass is 10.1. The predicted octanol–water partition coefficient (Wildman–Crippen LogP) is 2.47. The summed E-state index contributed by atoms with van der Waals surface area (Å²) in [5.74, 6) is 0. The van der Waals surface area contributed by atoms with Crippen LogP contribution in [0.2, 0.25) is 0 Å². The molecule has 0 radical (unpaired) electrons. The Morgan fingerprint density at radius 2 is 2.00 bits per heavy atom. The molecule has 0 amide bonds. The van der Waals surface area contributed by atoms with Crippen LogP contribution in [0.25, 0.3) is 5.70 Å². The molecule has 0 saturated carbocycles. The number of hydrogen-bond acceptors (Lipinski definition) is 4. The topological polar surface area (TPSA) is 18.8 Å². The fraction of sp³-hybridized carbons (Fsp3) is 0.308. The van der Waals surface area contributed by atoms with Crippen LogP contribution in [-0.2, 0) is 0 Å². The van der Waals surface area contributed by atoms with Gasteiger partial charge in [-0.15, -0.1) is 0 Å². The van der Waals surface area contributed by atoms with E-state index in [0.29, 0.717) is 0 Å². The fourth-order valence-corrected chi connectivity index (χ4v) is 3.04. The number of fused-ring (bicyclic) bond motifs is 1. The second-order valence-corrected chi connectivity index (χ2v) is 5.21. The Morgan fingerprint density at radius 3 is 2.71 bits per heavy atom. The molecule has 0 atom stereocenters. The van der Waals surface area contributed by atoms with E-state index in [0.717, 1.165) is 18.3 Å². The standard InChI is InChI=1S/C13H15N3S/c1-15(2)11-5-3-10(4-6-11)12-9-17-13-14-7-8-16(12)13/h3-6,9H,7-8H2,1-2H3. The van der Waals surface area contributed by atoms with E-state index in [4.69, 9.17) is 0 Å². The van der Waals surface area contributed by atoms with Gasteiger partial charge in [0.05, 0.1) is 12.2 Å². The van der Waals surface area contributed by atoms with Gasteiger partial charge in [-0.1, -0.05) is 23.9 Å². The van der Waals surface area contributed by atoms with Crippen LogP contribution in [0.15, 0.2) is 34.7 Å². The lowest BCUT2D eigenvalue weighted by Gasteiger charge is -2.18.